The first kappa shape index (κ1) is 14.5. The van der Waals surface area contributed by atoms with Crippen LogP contribution in [0.2, 0.25) is 0 Å². The highest BCUT2D eigenvalue weighted by Gasteiger charge is 2.15. The van der Waals surface area contributed by atoms with E-state index in [0.717, 1.165) is 29.6 Å². The summed E-state index contributed by atoms with van der Waals surface area (Å²) < 4.78 is 6.63. The molecule has 1 aromatic heterocycles. The number of carbonyl (C=O) groups excluding carboxylic acids is 1. The molecule has 0 aliphatic heterocycles. The standard InChI is InChI=1S/C15H21N3O2/c1-4-9-18(11-15(19)20-3)10-13-12-7-5-6-8-14(12)17(2)16-13/h5-8H,4,9-11H2,1-3H3. The summed E-state index contributed by atoms with van der Waals surface area (Å²) in [7, 11) is 3.36. The van der Waals surface area contributed by atoms with Crippen LogP contribution in [0.25, 0.3) is 10.9 Å². The van der Waals surface area contributed by atoms with Crippen molar-refractivity contribution in [2.24, 2.45) is 7.05 Å². The number of fused-ring (bicyclic) bond motifs is 1. The second-order valence-corrected chi connectivity index (χ2v) is 4.87. The van der Waals surface area contributed by atoms with Crippen LogP contribution < -0.4 is 0 Å². The SMILES string of the molecule is CCCN(CC(=O)OC)Cc1nn(C)c2ccccc12. The number of ether oxygens (including phenoxy) is 1. The number of nitrogens with zero attached hydrogens (tertiary/aromatic N) is 3. The van der Waals surface area contributed by atoms with Crippen molar-refractivity contribution >= 4 is 16.9 Å². The molecule has 0 amide bonds. The summed E-state index contributed by atoms with van der Waals surface area (Å²) in [5.74, 6) is -0.210. The molecular formula is C15H21N3O2. The summed E-state index contributed by atoms with van der Waals surface area (Å²) in [5, 5.41) is 5.71. The van der Waals surface area contributed by atoms with E-state index in [9.17, 15) is 4.79 Å². The van der Waals surface area contributed by atoms with Gasteiger partial charge in [0.05, 0.1) is 24.9 Å². The van der Waals surface area contributed by atoms with Crippen LogP contribution in [-0.2, 0) is 23.1 Å². The number of methoxy groups -OCH3 is 1. The van der Waals surface area contributed by atoms with Crippen LogP contribution in [0.3, 0.4) is 0 Å². The molecule has 1 heterocycles. The predicted molar refractivity (Wildman–Crippen MR) is 78.3 cm³/mol. The fourth-order valence-corrected chi connectivity index (χ4v) is 2.39. The summed E-state index contributed by atoms with van der Waals surface area (Å²) in [6, 6.07) is 8.14. The first-order valence-corrected chi connectivity index (χ1v) is 6.85. The van der Waals surface area contributed by atoms with Crippen molar-refractivity contribution in [2.75, 3.05) is 20.2 Å². The lowest BCUT2D eigenvalue weighted by Gasteiger charge is -2.19. The lowest BCUT2D eigenvalue weighted by Crippen LogP contribution is -2.31. The summed E-state index contributed by atoms with van der Waals surface area (Å²) in [6.45, 7) is 3.90. The van der Waals surface area contributed by atoms with Gasteiger partial charge in [0.1, 0.15) is 0 Å². The number of esters is 1. The molecule has 0 saturated carbocycles. The molecule has 0 spiro atoms. The molecule has 0 radical (unpaired) electrons. The molecule has 0 unspecified atom stereocenters. The van der Waals surface area contributed by atoms with Crippen LogP contribution in [0.4, 0.5) is 0 Å². The zero-order valence-corrected chi connectivity index (χ0v) is 12.3. The maximum absolute atomic E-state index is 11.5. The van der Waals surface area contributed by atoms with Gasteiger partial charge in [-0.1, -0.05) is 25.1 Å². The van der Waals surface area contributed by atoms with Crippen LogP contribution in [-0.4, -0.2) is 40.8 Å². The molecule has 108 valence electrons. The van der Waals surface area contributed by atoms with Crippen molar-refractivity contribution in [3.63, 3.8) is 0 Å². The third-order valence-corrected chi connectivity index (χ3v) is 3.33. The molecule has 5 heteroatoms. The maximum Gasteiger partial charge on any atom is 0.319 e. The predicted octanol–water partition coefficient (Wildman–Crippen LogP) is 1.96. The molecular weight excluding hydrogens is 254 g/mol. The van der Waals surface area contributed by atoms with Gasteiger partial charge in [-0.2, -0.15) is 5.10 Å². The van der Waals surface area contributed by atoms with Crippen LogP contribution in [0.1, 0.15) is 19.0 Å². The van der Waals surface area contributed by atoms with E-state index in [2.05, 4.69) is 29.1 Å². The maximum atomic E-state index is 11.5. The number of para-hydroxylation sites is 1. The molecule has 0 aliphatic carbocycles. The minimum atomic E-state index is -0.210. The molecule has 2 aromatic rings. The fourth-order valence-electron chi connectivity index (χ4n) is 2.39. The molecule has 0 N–H and O–H groups in total. The van der Waals surface area contributed by atoms with Crippen molar-refractivity contribution in [3.8, 4) is 0 Å². The molecule has 2 rings (SSSR count). The molecule has 0 saturated heterocycles. The Morgan fingerprint density at radius 1 is 1.40 bits per heavy atom. The van der Waals surface area contributed by atoms with Crippen molar-refractivity contribution in [2.45, 2.75) is 19.9 Å². The number of rotatable bonds is 6. The minimum Gasteiger partial charge on any atom is -0.468 e. The highest BCUT2D eigenvalue weighted by Crippen LogP contribution is 2.18. The highest BCUT2D eigenvalue weighted by molar-refractivity contribution is 5.81. The van der Waals surface area contributed by atoms with E-state index in [4.69, 9.17) is 4.74 Å². The van der Waals surface area contributed by atoms with Gasteiger partial charge >= 0.3 is 5.97 Å². The van der Waals surface area contributed by atoms with Crippen LogP contribution >= 0.6 is 0 Å². The minimum absolute atomic E-state index is 0.210. The van der Waals surface area contributed by atoms with E-state index >= 15 is 0 Å². The van der Waals surface area contributed by atoms with Gasteiger partial charge in [0.25, 0.3) is 0 Å². The monoisotopic (exact) mass is 275 g/mol. The lowest BCUT2D eigenvalue weighted by molar-refractivity contribution is -0.142. The Bertz CT molecular complexity index is 592. The molecule has 0 atom stereocenters. The Morgan fingerprint density at radius 3 is 2.85 bits per heavy atom. The molecule has 1 aromatic carbocycles. The summed E-state index contributed by atoms with van der Waals surface area (Å²) in [6.07, 6.45) is 0.988. The van der Waals surface area contributed by atoms with E-state index in [-0.39, 0.29) is 5.97 Å². The second kappa shape index (κ2) is 6.52. The van der Waals surface area contributed by atoms with E-state index < -0.39 is 0 Å². The van der Waals surface area contributed by atoms with Crippen molar-refractivity contribution in [1.29, 1.82) is 0 Å². The Kier molecular flexibility index (Phi) is 4.74. The van der Waals surface area contributed by atoms with Crippen LogP contribution in [0, 0.1) is 0 Å². The van der Waals surface area contributed by atoms with Gasteiger partial charge in [0.15, 0.2) is 0 Å². The topological polar surface area (TPSA) is 47.4 Å². The zero-order chi connectivity index (χ0) is 14.5. The number of aryl methyl sites for hydroxylation is 1. The Labute approximate surface area is 119 Å². The summed E-state index contributed by atoms with van der Waals surface area (Å²) >= 11 is 0. The Hall–Kier alpha value is -1.88. The number of hydrogen-bond acceptors (Lipinski definition) is 4. The van der Waals surface area contributed by atoms with Crippen molar-refractivity contribution < 1.29 is 9.53 Å². The molecule has 0 fully saturated rings. The van der Waals surface area contributed by atoms with Gasteiger partial charge in [-0.05, 0) is 19.0 Å². The highest BCUT2D eigenvalue weighted by atomic mass is 16.5. The second-order valence-electron chi connectivity index (χ2n) is 4.87. The number of carbonyl (C=O) groups is 1. The summed E-state index contributed by atoms with van der Waals surface area (Å²) in [4.78, 5) is 13.5. The van der Waals surface area contributed by atoms with Gasteiger partial charge in [0, 0.05) is 19.0 Å². The average molecular weight is 275 g/mol. The van der Waals surface area contributed by atoms with E-state index in [1.54, 1.807) is 0 Å². The third-order valence-electron chi connectivity index (χ3n) is 3.33. The van der Waals surface area contributed by atoms with Gasteiger partial charge < -0.3 is 4.74 Å². The lowest BCUT2D eigenvalue weighted by atomic mass is 10.2. The van der Waals surface area contributed by atoms with Crippen molar-refractivity contribution in [1.82, 2.24) is 14.7 Å². The van der Waals surface area contributed by atoms with Gasteiger partial charge in [0.2, 0.25) is 0 Å². The number of benzene rings is 1. The molecule has 20 heavy (non-hydrogen) atoms. The largest absolute Gasteiger partial charge is 0.468 e. The normalized spacial score (nSPS) is 11.2. The first-order valence-electron chi connectivity index (χ1n) is 6.85. The van der Waals surface area contributed by atoms with Crippen LogP contribution in [0.5, 0.6) is 0 Å². The smallest absolute Gasteiger partial charge is 0.319 e. The van der Waals surface area contributed by atoms with Crippen LogP contribution in [0.15, 0.2) is 24.3 Å². The van der Waals surface area contributed by atoms with E-state index in [0.29, 0.717) is 13.1 Å². The van der Waals surface area contributed by atoms with E-state index in [1.165, 1.54) is 7.11 Å². The van der Waals surface area contributed by atoms with Gasteiger partial charge in [-0.3, -0.25) is 14.4 Å². The Morgan fingerprint density at radius 2 is 2.15 bits per heavy atom. The zero-order valence-electron chi connectivity index (χ0n) is 12.3. The first-order chi connectivity index (χ1) is 9.65. The fraction of sp³-hybridized carbons (Fsp3) is 0.467. The van der Waals surface area contributed by atoms with Gasteiger partial charge in [-0.15, -0.1) is 0 Å². The molecule has 5 nitrogen and oxygen atoms in total. The quantitative estimate of drug-likeness (QED) is 0.756. The molecule has 0 bridgehead atoms. The number of aromatic nitrogens is 2. The average Bonchev–Trinajstić information content (AvgIpc) is 2.76. The number of hydrogen-bond donors (Lipinski definition) is 0. The Balaban J connectivity index is 2.22. The van der Waals surface area contributed by atoms with Crippen molar-refractivity contribution in [3.05, 3.63) is 30.0 Å². The molecule has 0 aliphatic rings. The summed E-state index contributed by atoms with van der Waals surface area (Å²) in [5.41, 5.74) is 2.11. The van der Waals surface area contributed by atoms with Gasteiger partial charge in [-0.25, -0.2) is 0 Å². The van der Waals surface area contributed by atoms with E-state index in [1.807, 2.05) is 23.9 Å². The third kappa shape index (κ3) is 3.17.